The number of rotatable bonds is 5. The smallest absolute Gasteiger partial charge is 0.241 e. The average molecular weight is 308 g/mol. The first-order chi connectivity index (χ1) is 9.95. The molecule has 6 heteroatoms. The minimum atomic E-state index is -3.94. The van der Waals surface area contributed by atoms with Gasteiger partial charge in [0.25, 0.3) is 10.0 Å². The van der Waals surface area contributed by atoms with Crippen molar-refractivity contribution in [1.82, 2.24) is 9.29 Å². The SMILES string of the molecule is CCc1ccc(CN(C)S(=O)(=O)c2ncccc2F)cc1. The van der Waals surface area contributed by atoms with E-state index in [9.17, 15) is 12.8 Å². The van der Waals surface area contributed by atoms with E-state index in [-0.39, 0.29) is 6.54 Å². The second kappa shape index (κ2) is 6.32. The predicted octanol–water partition coefficient (Wildman–Crippen LogP) is 2.60. The molecular formula is C15H17FN2O2S. The summed E-state index contributed by atoms with van der Waals surface area (Å²) in [7, 11) is -2.52. The number of sulfonamides is 1. The Labute approximate surface area is 124 Å². The van der Waals surface area contributed by atoms with Gasteiger partial charge >= 0.3 is 0 Å². The van der Waals surface area contributed by atoms with Crippen LogP contribution in [-0.4, -0.2) is 24.8 Å². The summed E-state index contributed by atoms with van der Waals surface area (Å²) in [6.07, 6.45) is 2.19. The van der Waals surface area contributed by atoms with Gasteiger partial charge in [0, 0.05) is 19.8 Å². The molecule has 21 heavy (non-hydrogen) atoms. The van der Waals surface area contributed by atoms with Crippen LogP contribution in [0.25, 0.3) is 0 Å². The molecule has 0 fully saturated rings. The van der Waals surface area contributed by atoms with E-state index < -0.39 is 20.9 Å². The summed E-state index contributed by atoms with van der Waals surface area (Å²) >= 11 is 0. The van der Waals surface area contributed by atoms with Crippen LogP contribution in [0.5, 0.6) is 0 Å². The Morgan fingerprint density at radius 3 is 2.33 bits per heavy atom. The van der Waals surface area contributed by atoms with Crippen LogP contribution in [-0.2, 0) is 23.0 Å². The van der Waals surface area contributed by atoms with Crippen molar-refractivity contribution in [2.45, 2.75) is 24.9 Å². The lowest BCUT2D eigenvalue weighted by Crippen LogP contribution is -2.28. The average Bonchev–Trinajstić information content (AvgIpc) is 2.48. The lowest BCUT2D eigenvalue weighted by Gasteiger charge is -2.17. The van der Waals surface area contributed by atoms with Gasteiger partial charge in [0.1, 0.15) is 0 Å². The molecule has 0 bridgehead atoms. The van der Waals surface area contributed by atoms with Crippen LogP contribution >= 0.6 is 0 Å². The highest BCUT2D eigenvalue weighted by Gasteiger charge is 2.25. The highest BCUT2D eigenvalue weighted by molar-refractivity contribution is 7.89. The standard InChI is InChI=1S/C15H17FN2O2S/c1-3-12-6-8-13(9-7-12)11-18(2)21(19,20)15-14(16)5-4-10-17-15/h4-10H,3,11H2,1-2H3. The van der Waals surface area contributed by atoms with E-state index in [1.165, 1.54) is 24.9 Å². The first kappa shape index (κ1) is 15.6. The van der Waals surface area contributed by atoms with Gasteiger partial charge in [0.15, 0.2) is 5.82 Å². The number of hydrogen-bond acceptors (Lipinski definition) is 3. The van der Waals surface area contributed by atoms with Gasteiger partial charge in [-0.3, -0.25) is 0 Å². The summed E-state index contributed by atoms with van der Waals surface area (Å²) in [4.78, 5) is 3.64. The molecule has 0 amide bonds. The molecule has 2 rings (SSSR count). The van der Waals surface area contributed by atoms with Gasteiger partial charge in [0.2, 0.25) is 5.03 Å². The molecule has 2 aromatic rings. The number of aryl methyl sites for hydroxylation is 1. The Balaban J connectivity index is 2.22. The molecule has 1 aromatic heterocycles. The maximum absolute atomic E-state index is 13.6. The Morgan fingerprint density at radius 1 is 1.14 bits per heavy atom. The summed E-state index contributed by atoms with van der Waals surface area (Å²) in [5, 5.41) is -0.544. The van der Waals surface area contributed by atoms with Crippen LogP contribution < -0.4 is 0 Å². The van der Waals surface area contributed by atoms with Gasteiger partial charge in [-0.2, -0.15) is 4.31 Å². The largest absolute Gasteiger partial charge is 0.263 e. The van der Waals surface area contributed by atoms with E-state index in [2.05, 4.69) is 11.9 Å². The van der Waals surface area contributed by atoms with E-state index in [0.717, 1.165) is 22.4 Å². The minimum absolute atomic E-state index is 0.169. The molecule has 0 saturated heterocycles. The molecule has 1 heterocycles. The molecule has 0 atom stereocenters. The van der Waals surface area contributed by atoms with Crippen molar-refractivity contribution in [2.75, 3.05) is 7.05 Å². The molecule has 0 saturated carbocycles. The highest BCUT2D eigenvalue weighted by Crippen LogP contribution is 2.17. The van der Waals surface area contributed by atoms with Gasteiger partial charge in [0.05, 0.1) is 0 Å². The normalized spacial score (nSPS) is 11.8. The van der Waals surface area contributed by atoms with Crippen LogP contribution in [0.15, 0.2) is 47.6 Å². The maximum atomic E-state index is 13.6. The summed E-state index contributed by atoms with van der Waals surface area (Å²) in [6.45, 7) is 2.22. The van der Waals surface area contributed by atoms with Gasteiger partial charge in [-0.15, -0.1) is 0 Å². The molecule has 0 unspecified atom stereocenters. The fourth-order valence-electron chi connectivity index (χ4n) is 1.93. The molecule has 0 aliphatic heterocycles. The molecule has 0 aliphatic carbocycles. The van der Waals surface area contributed by atoms with Crippen molar-refractivity contribution in [2.24, 2.45) is 0 Å². The number of hydrogen-bond donors (Lipinski definition) is 0. The summed E-state index contributed by atoms with van der Waals surface area (Å²) in [5.74, 6) is -0.842. The third-order valence-corrected chi connectivity index (χ3v) is 4.95. The third-order valence-electron chi connectivity index (χ3n) is 3.22. The van der Waals surface area contributed by atoms with Crippen LogP contribution in [0, 0.1) is 5.82 Å². The number of aromatic nitrogens is 1. The molecule has 0 aliphatic rings. The zero-order valence-corrected chi connectivity index (χ0v) is 12.8. The highest BCUT2D eigenvalue weighted by atomic mass is 32.2. The quantitative estimate of drug-likeness (QED) is 0.853. The fraction of sp³-hybridized carbons (Fsp3) is 0.267. The Kier molecular flexibility index (Phi) is 4.69. The van der Waals surface area contributed by atoms with E-state index >= 15 is 0 Å². The van der Waals surface area contributed by atoms with Crippen LogP contribution in [0.3, 0.4) is 0 Å². The van der Waals surface area contributed by atoms with E-state index in [1.54, 1.807) is 0 Å². The minimum Gasteiger partial charge on any atom is -0.241 e. The number of nitrogens with zero attached hydrogens (tertiary/aromatic N) is 2. The van der Waals surface area contributed by atoms with E-state index in [0.29, 0.717) is 0 Å². The molecule has 4 nitrogen and oxygen atoms in total. The second-order valence-corrected chi connectivity index (χ2v) is 6.68. The molecular weight excluding hydrogens is 291 g/mol. The molecule has 0 spiro atoms. The monoisotopic (exact) mass is 308 g/mol. The molecule has 112 valence electrons. The van der Waals surface area contributed by atoms with Crippen molar-refractivity contribution in [3.8, 4) is 0 Å². The summed E-state index contributed by atoms with van der Waals surface area (Å²) in [6, 6.07) is 10.1. The molecule has 0 N–H and O–H groups in total. The topological polar surface area (TPSA) is 50.3 Å². The van der Waals surface area contributed by atoms with Gasteiger partial charge in [-0.1, -0.05) is 31.2 Å². The van der Waals surface area contributed by atoms with Crippen molar-refractivity contribution < 1.29 is 12.8 Å². The van der Waals surface area contributed by atoms with Crippen LogP contribution in [0.1, 0.15) is 18.1 Å². The van der Waals surface area contributed by atoms with Gasteiger partial charge < -0.3 is 0 Å². The first-order valence-corrected chi connectivity index (χ1v) is 8.04. The zero-order chi connectivity index (χ0) is 15.5. The fourth-order valence-corrected chi connectivity index (χ4v) is 3.05. The third kappa shape index (κ3) is 3.46. The Bertz CT molecular complexity index is 715. The zero-order valence-electron chi connectivity index (χ0n) is 12.0. The predicted molar refractivity (Wildman–Crippen MR) is 78.7 cm³/mol. The Morgan fingerprint density at radius 2 is 1.76 bits per heavy atom. The summed E-state index contributed by atoms with van der Waals surface area (Å²) in [5.41, 5.74) is 2.02. The van der Waals surface area contributed by atoms with Crippen molar-refractivity contribution >= 4 is 10.0 Å². The van der Waals surface area contributed by atoms with E-state index in [4.69, 9.17) is 0 Å². The van der Waals surface area contributed by atoms with Gasteiger partial charge in [-0.05, 0) is 29.7 Å². The lowest BCUT2D eigenvalue weighted by molar-refractivity contribution is 0.454. The number of benzene rings is 1. The van der Waals surface area contributed by atoms with Crippen molar-refractivity contribution in [3.05, 3.63) is 59.5 Å². The van der Waals surface area contributed by atoms with Gasteiger partial charge in [-0.25, -0.2) is 17.8 Å². The van der Waals surface area contributed by atoms with E-state index in [1.807, 2.05) is 24.3 Å². The number of pyridine rings is 1. The Hall–Kier alpha value is -1.79. The second-order valence-electron chi connectivity index (χ2n) is 4.72. The summed E-state index contributed by atoms with van der Waals surface area (Å²) < 4.78 is 39.3. The lowest BCUT2D eigenvalue weighted by atomic mass is 10.1. The van der Waals surface area contributed by atoms with Crippen LogP contribution in [0.2, 0.25) is 0 Å². The van der Waals surface area contributed by atoms with Crippen LogP contribution in [0.4, 0.5) is 4.39 Å². The molecule has 1 aromatic carbocycles. The maximum Gasteiger partial charge on any atom is 0.263 e. The first-order valence-electron chi connectivity index (χ1n) is 6.60. The number of halogens is 1. The molecule has 0 radical (unpaired) electrons. The van der Waals surface area contributed by atoms with Crippen molar-refractivity contribution in [1.29, 1.82) is 0 Å². The van der Waals surface area contributed by atoms with Crippen molar-refractivity contribution in [3.63, 3.8) is 0 Å².